The quantitative estimate of drug-likeness (QED) is 0.389. The van der Waals surface area contributed by atoms with Crippen LogP contribution in [-0.4, -0.2) is 17.1 Å². The van der Waals surface area contributed by atoms with E-state index < -0.39 is 11.7 Å². The minimum absolute atomic E-state index is 0.0975. The van der Waals surface area contributed by atoms with Crippen LogP contribution in [0.4, 0.5) is 4.39 Å². The molecule has 1 amide bonds. The number of furan rings is 1. The second-order valence-electron chi connectivity index (χ2n) is 5.88. The summed E-state index contributed by atoms with van der Waals surface area (Å²) in [5, 5.41) is 4.71. The summed E-state index contributed by atoms with van der Waals surface area (Å²) in [6.07, 6.45) is 2.71. The fraction of sp³-hybridized carbons (Fsp3) is 0. The SMILES string of the molecule is O=C(N/N=C\c1c(F)cccc1Cl)c1cc(-c2ccco2)nc2ccccc12. The lowest BCUT2D eigenvalue weighted by atomic mass is 10.1. The molecule has 0 saturated heterocycles. The van der Waals surface area contributed by atoms with Gasteiger partial charge < -0.3 is 4.42 Å². The third-order valence-electron chi connectivity index (χ3n) is 4.09. The Morgan fingerprint density at radius 1 is 1.14 bits per heavy atom. The maximum absolute atomic E-state index is 13.8. The molecule has 0 saturated carbocycles. The van der Waals surface area contributed by atoms with Crippen molar-refractivity contribution in [3.8, 4) is 11.5 Å². The van der Waals surface area contributed by atoms with Crippen LogP contribution in [0, 0.1) is 5.82 Å². The summed E-state index contributed by atoms with van der Waals surface area (Å²) >= 11 is 5.96. The number of nitrogens with one attached hydrogen (secondary N) is 1. The number of halogens is 2. The molecule has 0 spiro atoms. The molecule has 2 aromatic heterocycles. The summed E-state index contributed by atoms with van der Waals surface area (Å²) in [6.45, 7) is 0. The summed E-state index contributed by atoms with van der Waals surface area (Å²) in [6, 6.07) is 16.7. The molecule has 2 aromatic carbocycles. The van der Waals surface area contributed by atoms with Crippen molar-refractivity contribution in [2.75, 3.05) is 0 Å². The molecule has 1 N–H and O–H groups in total. The summed E-state index contributed by atoms with van der Waals surface area (Å²) in [4.78, 5) is 17.3. The Kier molecular flexibility index (Phi) is 4.87. The van der Waals surface area contributed by atoms with Crippen molar-refractivity contribution in [1.29, 1.82) is 0 Å². The molecule has 0 fully saturated rings. The van der Waals surface area contributed by atoms with E-state index in [0.717, 1.165) is 0 Å². The van der Waals surface area contributed by atoms with Crippen LogP contribution in [0.1, 0.15) is 15.9 Å². The van der Waals surface area contributed by atoms with Gasteiger partial charge in [-0.1, -0.05) is 35.9 Å². The van der Waals surface area contributed by atoms with Gasteiger partial charge in [-0.3, -0.25) is 4.79 Å². The largest absolute Gasteiger partial charge is 0.463 e. The Labute approximate surface area is 164 Å². The fourth-order valence-corrected chi connectivity index (χ4v) is 2.98. The first-order chi connectivity index (χ1) is 13.6. The number of fused-ring (bicyclic) bond motifs is 1. The number of amides is 1. The van der Waals surface area contributed by atoms with Crippen molar-refractivity contribution in [2.24, 2.45) is 5.10 Å². The maximum atomic E-state index is 13.8. The number of pyridine rings is 1. The predicted molar refractivity (Wildman–Crippen MR) is 106 cm³/mol. The molecule has 28 heavy (non-hydrogen) atoms. The Bertz CT molecular complexity index is 1170. The molecule has 0 aliphatic rings. The number of benzene rings is 2. The average molecular weight is 394 g/mol. The van der Waals surface area contributed by atoms with Crippen LogP contribution in [0.2, 0.25) is 5.02 Å². The lowest BCUT2D eigenvalue weighted by Gasteiger charge is -2.07. The second-order valence-corrected chi connectivity index (χ2v) is 6.29. The Hall–Kier alpha value is -3.51. The predicted octanol–water partition coefficient (Wildman–Crippen LogP) is 5.05. The fourth-order valence-electron chi connectivity index (χ4n) is 2.76. The molecule has 0 atom stereocenters. The summed E-state index contributed by atoms with van der Waals surface area (Å²) in [5.41, 5.74) is 4.04. The van der Waals surface area contributed by atoms with Gasteiger partial charge in [0, 0.05) is 10.9 Å². The lowest BCUT2D eigenvalue weighted by molar-refractivity contribution is 0.0956. The van der Waals surface area contributed by atoms with Crippen LogP contribution >= 0.6 is 11.6 Å². The minimum Gasteiger partial charge on any atom is -0.463 e. The lowest BCUT2D eigenvalue weighted by Crippen LogP contribution is -2.18. The molecule has 0 aliphatic carbocycles. The number of rotatable bonds is 4. The van der Waals surface area contributed by atoms with Crippen molar-refractivity contribution in [3.63, 3.8) is 0 Å². The zero-order chi connectivity index (χ0) is 19.5. The molecule has 7 heteroatoms. The first kappa shape index (κ1) is 17.9. The van der Waals surface area contributed by atoms with Gasteiger partial charge in [-0.2, -0.15) is 5.10 Å². The smallest absolute Gasteiger partial charge is 0.272 e. The van der Waals surface area contributed by atoms with Gasteiger partial charge in [-0.25, -0.2) is 14.8 Å². The zero-order valence-corrected chi connectivity index (χ0v) is 15.2. The molecule has 0 aliphatic heterocycles. The molecular formula is C21H13ClFN3O2. The summed E-state index contributed by atoms with van der Waals surface area (Å²) in [5.74, 6) is -0.448. The van der Waals surface area contributed by atoms with E-state index in [4.69, 9.17) is 16.0 Å². The van der Waals surface area contributed by atoms with E-state index in [1.165, 1.54) is 24.6 Å². The van der Waals surface area contributed by atoms with Crippen LogP contribution in [-0.2, 0) is 0 Å². The minimum atomic E-state index is -0.528. The van der Waals surface area contributed by atoms with Gasteiger partial charge in [-0.05, 0) is 36.4 Å². The summed E-state index contributed by atoms with van der Waals surface area (Å²) in [7, 11) is 0. The highest BCUT2D eigenvalue weighted by Gasteiger charge is 2.14. The molecule has 4 rings (SSSR count). The first-order valence-electron chi connectivity index (χ1n) is 8.34. The van der Waals surface area contributed by atoms with Crippen molar-refractivity contribution < 1.29 is 13.6 Å². The van der Waals surface area contributed by atoms with Crippen LogP contribution < -0.4 is 5.43 Å². The normalized spacial score (nSPS) is 11.2. The Morgan fingerprint density at radius 2 is 2.00 bits per heavy atom. The monoisotopic (exact) mass is 393 g/mol. The van der Waals surface area contributed by atoms with Gasteiger partial charge in [0.15, 0.2) is 5.76 Å². The number of carbonyl (C=O) groups is 1. The summed E-state index contributed by atoms with van der Waals surface area (Å²) < 4.78 is 19.2. The molecule has 0 unspecified atom stereocenters. The van der Waals surface area contributed by atoms with Gasteiger partial charge >= 0.3 is 0 Å². The van der Waals surface area contributed by atoms with Gasteiger partial charge in [0.2, 0.25) is 0 Å². The van der Waals surface area contributed by atoms with Crippen LogP contribution in [0.25, 0.3) is 22.4 Å². The van der Waals surface area contributed by atoms with E-state index in [-0.39, 0.29) is 10.6 Å². The number of para-hydroxylation sites is 1. The van der Waals surface area contributed by atoms with Crippen molar-refractivity contribution >= 4 is 34.6 Å². The van der Waals surface area contributed by atoms with Gasteiger partial charge in [0.05, 0.1) is 28.6 Å². The number of hydrazone groups is 1. The van der Waals surface area contributed by atoms with Gasteiger partial charge in [-0.15, -0.1) is 0 Å². The highest BCUT2D eigenvalue weighted by molar-refractivity contribution is 6.33. The highest BCUT2D eigenvalue weighted by Crippen LogP contribution is 2.25. The highest BCUT2D eigenvalue weighted by atomic mass is 35.5. The van der Waals surface area contributed by atoms with Crippen LogP contribution in [0.5, 0.6) is 0 Å². The molecule has 2 heterocycles. The van der Waals surface area contributed by atoms with Gasteiger partial charge in [0.25, 0.3) is 5.91 Å². The van der Waals surface area contributed by atoms with E-state index in [2.05, 4.69) is 15.5 Å². The van der Waals surface area contributed by atoms with Crippen LogP contribution in [0.15, 0.2) is 76.4 Å². The van der Waals surface area contributed by atoms with Crippen molar-refractivity contribution in [3.05, 3.63) is 88.9 Å². The Balaban J connectivity index is 1.68. The zero-order valence-electron chi connectivity index (χ0n) is 14.4. The van der Waals surface area contributed by atoms with E-state index >= 15 is 0 Å². The van der Waals surface area contributed by atoms with E-state index in [1.807, 2.05) is 12.1 Å². The number of aromatic nitrogens is 1. The van der Waals surface area contributed by atoms with Gasteiger partial charge in [0.1, 0.15) is 11.5 Å². The standard InChI is InChI=1S/C21H13ClFN3O2/c22-16-6-3-7-17(23)15(16)12-24-26-21(27)14-11-19(20-9-4-10-28-20)25-18-8-2-1-5-13(14)18/h1-12H,(H,26,27)/b24-12-. The third-order valence-corrected chi connectivity index (χ3v) is 4.42. The average Bonchev–Trinajstić information content (AvgIpc) is 3.24. The maximum Gasteiger partial charge on any atom is 0.272 e. The van der Waals surface area contributed by atoms with Crippen molar-refractivity contribution in [2.45, 2.75) is 0 Å². The van der Waals surface area contributed by atoms with E-state index in [9.17, 15) is 9.18 Å². The molecule has 138 valence electrons. The number of carbonyl (C=O) groups excluding carboxylic acids is 1. The number of hydrogen-bond donors (Lipinski definition) is 1. The third kappa shape index (κ3) is 3.50. The first-order valence-corrected chi connectivity index (χ1v) is 8.72. The molecule has 0 bridgehead atoms. The van der Waals surface area contributed by atoms with Crippen molar-refractivity contribution in [1.82, 2.24) is 10.4 Å². The number of hydrogen-bond acceptors (Lipinski definition) is 4. The molecule has 0 radical (unpaired) electrons. The molecular weight excluding hydrogens is 381 g/mol. The molecule has 4 aromatic rings. The van der Waals surface area contributed by atoms with Crippen LogP contribution in [0.3, 0.4) is 0 Å². The molecule has 5 nitrogen and oxygen atoms in total. The number of nitrogens with zero attached hydrogens (tertiary/aromatic N) is 2. The topological polar surface area (TPSA) is 67.5 Å². The van der Waals surface area contributed by atoms with E-state index in [1.54, 1.807) is 36.4 Å². The Morgan fingerprint density at radius 3 is 2.79 bits per heavy atom. The second kappa shape index (κ2) is 7.62. The van der Waals surface area contributed by atoms with E-state index in [0.29, 0.717) is 27.9 Å².